The van der Waals surface area contributed by atoms with Crippen LogP contribution in [0.3, 0.4) is 0 Å². The minimum absolute atomic E-state index is 0.0279. The van der Waals surface area contributed by atoms with Gasteiger partial charge in [0.25, 0.3) is 0 Å². The molecule has 0 spiro atoms. The third-order valence-corrected chi connectivity index (χ3v) is 3.30. The number of likely N-dealkylation sites (tertiary alicyclic amines) is 1. The van der Waals surface area contributed by atoms with Crippen molar-refractivity contribution in [2.24, 2.45) is 5.92 Å². The average molecular weight is 282 g/mol. The van der Waals surface area contributed by atoms with Gasteiger partial charge in [-0.05, 0) is 31.5 Å². The van der Waals surface area contributed by atoms with Crippen LogP contribution in [-0.2, 0) is 9.59 Å². The molecule has 20 heavy (non-hydrogen) atoms. The van der Waals surface area contributed by atoms with Gasteiger partial charge in [-0.3, -0.25) is 9.69 Å². The number of nitrogens with zero attached hydrogens (tertiary/aromatic N) is 1. The first kappa shape index (κ1) is 14.6. The Labute approximate surface area is 115 Å². The van der Waals surface area contributed by atoms with Crippen LogP contribution in [0, 0.1) is 17.6 Å². The molecule has 1 aromatic rings. The summed E-state index contributed by atoms with van der Waals surface area (Å²) in [4.78, 5) is 24.4. The molecule has 108 valence electrons. The number of benzene rings is 1. The third-order valence-electron chi connectivity index (χ3n) is 3.30. The molecule has 1 atom stereocenters. The van der Waals surface area contributed by atoms with Crippen molar-refractivity contribution in [2.75, 3.05) is 25.0 Å². The predicted octanol–water partition coefficient (Wildman–Crippen LogP) is 1.81. The summed E-state index contributed by atoms with van der Waals surface area (Å²) >= 11 is 0. The van der Waals surface area contributed by atoms with Gasteiger partial charge < -0.3 is 10.1 Å². The molecule has 0 aliphatic carbocycles. The quantitative estimate of drug-likeness (QED) is 0.857. The number of rotatable bonds is 4. The fourth-order valence-corrected chi connectivity index (χ4v) is 2.32. The molecule has 1 unspecified atom stereocenters. The molecule has 0 aromatic heterocycles. The smallest absolute Gasteiger partial charge is 0.238 e. The van der Waals surface area contributed by atoms with Gasteiger partial charge >= 0.3 is 0 Å². The number of aldehydes is 1. The van der Waals surface area contributed by atoms with Crippen LogP contribution in [0.15, 0.2) is 18.2 Å². The molecular weight excluding hydrogens is 266 g/mol. The fourth-order valence-electron chi connectivity index (χ4n) is 2.32. The van der Waals surface area contributed by atoms with Crippen molar-refractivity contribution in [3.63, 3.8) is 0 Å². The summed E-state index contributed by atoms with van der Waals surface area (Å²) in [5, 5.41) is 2.51. The van der Waals surface area contributed by atoms with Crippen molar-refractivity contribution < 1.29 is 18.4 Å². The Bertz CT molecular complexity index is 508. The molecule has 1 fully saturated rings. The zero-order valence-corrected chi connectivity index (χ0v) is 10.9. The highest BCUT2D eigenvalue weighted by Crippen LogP contribution is 2.15. The van der Waals surface area contributed by atoms with Crippen LogP contribution >= 0.6 is 0 Å². The van der Waals surface area contributed by atoms with Crippen molar-refractivity contribution in [1.29, 1.82) is 0 Å². The fraction of sp³-hybridized carbons (Fsp3) is 0.429. The molecule has 2 rings (SSSR count). The van der Waals surface area contributed by atoms with E-state index in [2.05, 4.69) is 5.32 Å². The summed E-state index contributed by atoms with van der Waals surface area (Å²) in [7, 11) is 0. The third kappa shape index (κ3) is 3.84. The van der Waals surface area contributed by atoms with E-state index in [-0.39, 0.29) is 24.1 Å². The average Bonchev–Trinajstić information content (AvgIpc) is 2.43. The SMILES string of the molecule is O=CC1CCCN(CC(=O)Nc2ccc(F)c(F)c2)C1. The number of amides is 1. The number of hydrogen-bond acceptors (Lipinski definition) is 3. The van der Waals surface area contributed by atoms with Crippen LogP contribution in [-0.4, -0.2) is 36.7 Å². The lowest BCUT2D eigenvalue weighted by Crippen LogP contribution is -2.40. The molecule has 1 aliphatic rings. The molecule has 1 saturated heterocycles. The summed E-state index contributed by atoms with van der Waals surface area (Å²) < 4.78 is 25.8. The molecule has 6 heteroatoms. The van der Waals surface area contributed by atoms with Crippen LogP contribution in [0.1, 0.15) is 12.8 Å². The zero-order valence-electron chi connectivity index (χ0n) is 10.9. The maximum atomic E-state index is 13.0. The summed E-state index contributed by atoms with van der Waals surface area (Å²) in [5.41, 5.74) is 0.220. The van der Waals surface area contributed by atoms with E-state index in [1.54, 1.807) is 0 Å². The van der Waals surface area contributed by atoms with Gasteiger partial charge in [-0.1, -0.05) is 0 Å². The molecule has 1 amide bonds. The number of carbonyl (C=O) groups is 2. The first-order valence-electron chi connectivity index (χ1n) is 6.51. The van der Waals surface area contributed by atoms with E-state index in [4.69, 9.17) is 0 Å². The molecule has 1 N–H and O–H groups in total. The largest absolute Gasteiger partial charge is 0.325 e. The van der Waals surface area contributed by atoms with Gasteiger partial charge in [0.05, 0.1) is 6.54 Å². The first-order valence-corrected chi connectivity index (χ1v) is 6.51. The highest BCUT2D eigenvalue weighted by atomic mass is 19.2. The van der Waals surface area contributed by atoms with Crippen LogP contribution < -0.4 is 5.32 Å². The lowest BCUT2D eigenvalue weighted by molar-refractivity contribution is -0.119. The monoisotopic (exact) mass is 282 g/mol. The van der Waals surface area contributed by atoms with Crippen molar-refractivity contribution in [3.8, 4) is 0 Å². The molecule has 1 heterocycles. The van der Waals surface area contributed by atoms with E-state index >= 15 is 0 Å². The normalized spacial score (nSPS) is 19.6. The maximum Gasteiger partial charge on any atom is 0.238 e. The zero-order chi connectivity index (χ0) is 14.5. The van der Waals surface area contributed by atoms with Gasteiger partial charge in [0, 0.05) is 24.2 Å². The Morgan fingerprint density at radius 3 is 2.90 bits per heavy atom. The van der Waals surface area contributed by atoms with Crippen molar-refractivity contribution in [1.82, 2.24) is 4.90 Å². The second-order valence-corrected chi connectivity index (χ2v) is 4.95. The first-order chi connectivity index (χ1) is 9.58. The van der Waals surface area contributed by atoms with Crippen LogP contribution in [0.5, 0.6) is 0 Å². The van der Waals surface area contributed by atoms with Crippen molar-refractivity contribution in [3.05, 3.63) is 29.8 Å². The molecule has 0 radical (unpaired) electrons. The van der Waals surface area contributed by atoms with Crippen molar-refractivity contribution >= 4 is 17.9 Å². The Balaban J connectivity index is 1.88. The van der Waals surface area contributed by atoms with E-state index in [1.165, 1.54) is 6.07 Å². The number of halogens is 2. The lowest BCUT2D eigenvalue weighted by Gasteiger charge is -2.29. The van der Waals surface area contributed by atoms with Crippen molar-refractivity contribution in [2.45, 2.75) is 12.8 Å². The molecule has 1 aromatic carbocycles. The van der Waals surface area contributed by atoms with Gasteiger partial charge in [-0.25, -0.2) is 8.78 Å². The number of anilines is 1. The van der Waals surface area contributed by atoms with Gasteiger partial charge in [0.2, 0.25) is 5.91 Å². The Morgan fingerprint density at radius 1 is 1.40 bits per heavy atom. The Morgan fingerprint density at radius 2 is 2.20 bits per heavy atom. The Hall–Kier alpha value is -1.82. The van der Waals surface area contributed by atoms with Crippen LogP contribution in [0.25, 0.3) is 0 Å². The van der Waals surface area contributed by atoms with Gasteiger partial charge in [-0.2, -0.15) is 0 Å². The molecule has 1 aliphatic heterocycles. The van der Waals surface area contributed by atoms with Gasteiger partial charge in [-0.15, -0.1) is 0 Å². The second-order valence-electron chi connectivity index (χ2n) is 4.95. The van der Waals surface area contributed by atoms with E-state index < -0.39 is 11.6 Å². The highest BCUT2D eigenvalue weighted by Gasteiger charge is 2.21. The number of carbonyl (C=O) groups excluding carboxylic acids is 2. The Kier molecular flexibility index (Phi) is 4.79. The maximum absolute atomic E-state index is 13.0. The summed E-state index contributed by atoms with van der Waals surface area (Å²) in [5.74, 6) is -2.28. The van der Waals surface area contributed by atoms with E-state index in [0.29, 0.717) is 6.54 Å². The minimum atomic E-state index is -0.998. The van der Waals surface area contributed by atoms with Gasteiger partial charge in [0.1, 0.15) is 6.29 Å². The molecule has 0 bridgehead atoms. The summed E-state index contributed by atoms with van der Waals surface area (Å²) in [6.07, 6.45) is 2.64. The number of hydrogen-bond donors (Lipinski definition) is 1. The highest BCUT2D eigenvalue weighted by molar-refractivity contribution is 5.92. The predicted molar refractivity (Wildman–Crippen MR) is 70.2 cm³/mol. The molecular formula is C14H16F2N2O2. The molecule has 0 saturated carbocycles. The van der Waals surface area contributed by atoms with Crippen LogP contribution in [0.4, 0.5) is 14.5 Å². The van der Waals surface area contributed by atoms with E-state index in [0.717, 1.165) is 37.8 Å². The van der Waals surface area contributed by atoms with Crippen LogP contribution in [0.2, 0.25) is 0 Å². The standard InChI is InChI=1S/C14H16F2N2O2/c15-12-4-3-11(6-13(12)16)17-14(20)8-18-5-1-2-10(7-18)9-19/h3-4,6,9-10H,1-2,5,7-8H2,(H,17,20). The van der Waals surface area contributed by atoms with E-state index in [9.17, 15) is 18.4 Å². The molecule has 4 nitrogen and oxygen atoms in total. The summed E-state index contributed by atoms with van der Waals surface area (Å²) in [6, 6.07) is 3.21. The second kappa shape index (κ2) is 6.56. The number of nitrogens with one attached hydrogen (secondary N) is 1. The lowest BCUT2D eigenvalue weighted by atomic mass is 10.00. The number of piperidine rings is 1. The topological polar surface area (TPSA) is 49.4 Å². The summed E-state index contributed by atoms with van der Waals surface area (Å²) in [6.45, 7) is 1.47. The van der Waals surface area contributed by atoms with E-state index in [1.807, 2.05) is 4.90 Å². The van der Waals surface area contributed by atoms with Gasteiger partial charge in [0.15, 0.2) is 11.6 Å². The minimum Gasteiger partial charge on any atom is -0.325 e.